The number of imidazole rings is 1. The first kappa shape index (κ1) is 18.8. The summed E-state index contributed by atoms with van der Waals surface area (Å²) in [6.07, 6.45) is 3.60. The number of nitrogens with zero attached hydrogens (tertiary/aromatic N) is 1. The Morgan fingerprint density at radius 2 is 2.12 bits per heavy atom. The number of benzene rings is 1. The van der Waals surface area contributed by atoms with Gasteiger partial charge in [-0.25, -0.2) is 4.98 Å². The van der Waals surface area contributed by atoms with Gasteiger partial charge in [0.05, 0.1) is 17.1 Å². The van der Waals surface area contributed by atoms with E-state index in [4.69, 9.17) is 5.73 Å². The molecule has 0 saturated carbocycles. The lowest BCUT2D eigenvalue weighted by Crippen LogP contribution is -2.52. The summed E-state index contributed by atoms with van der Waals surface area (Å²) < 4.78 is -0.266. The highest BCUT2D eigenvalue weighted by atomic mass is 32.2. The maximum Gasteiger partial charge on any atom is 0.238 e. The van der Waals surface area contributed by atoms with E-state index in [1.807, 2.05) is 20.1 Å². The molecule has 0 aliphatic heterocycles. The van der Waals surface area contributed by atoms with Gasteiger partial charge in [-0.05, 0) is 57.6 Å². The van der Waals surface area contributed by atoms with Crippen molar-refractivity contribution in [2.75, 3.05) is 12.8 Å². The number of fused-ring (bicyclic) bond motifs is 1. The van der Waals surface area contributed by atoms with Crippen molar-refractivity contribution in [2.45, 2.75) is 51.3 Å². The number of thioether (sulfide) groups is 1. The van der Waals surface area contributed by atoms with E-state index in [1.54, 1.807) is 11.8 Å². The number of rotatable bonds is 7. The van der Waals surface area contributed by atoms with Crippen LogP contribution in [-0.4, -0.2) is 39.5 Å². The van der Waals surface area contributed by atoms with Crippen molar-refractivity contribution in [1.29, 1.82) is 0 Å². The molecule has 0 saturated heterocycles. The number of nitrogens with one attached hydrogen (secondary N) is 2. The molecule has 0 radical (unpaired) electrons. The SMILES string of the molecule is CSC(C)(C)[C@H](N)C(=O)NCCCc1nc2c(C)c(C)ccc2[nH]1. The fraction of sp³-hybridized carbons (Fsp3) is 0.556. The van der Waals surface area contributed by atoms with Crippen molar-refractivity contribution in [1.82, 2.24) is 15.3 Å². The summed E-state index contributed by atoms with van der Waals surface area (Å²) in [6, 6.07) is 3.66. The van der Waals surface area contributed by atoms with Gasteiger partial charge in [-0.15, -0.1) is 0 Å². The van der Waals surface area contributed by atoms with E-state index in [9.17, 15) is 4.79 Å². The molecule has 0 aliphatic carbocycles. The average Bonchev–Trinajstić information content (AvgIpc) is 2.98. The van der Waals surface area contributed by atoms with Crippen LogP contribution in [-0.2, 0) is 11.2 Å². The molecule has 1 aromatic carbocycles. The topological polar surface area (TPSA) is 83.8 Å². The second kappa shape index (κ2) is 7.57. The average molecular weight is 349 g/mol. The van der Waals surface area contributed by atoms with Crippen molar-refractivity contribution < 1.29 is 4.79 Å². The van der Waals surface area contributed by atoms with Crippen molar-refractivity contribution in [2.24, 2.45) is 5.73 Å². The van der Waals surface area contributed by atoms with Crippen LogP contribution >= 0.6 is 11.8 Å². The van der Waals surface area contributed by atoms with Crippen molar-refractivity contribution in [3.05, 3.63) is 29.1 Å². The van der Waals surface area contributed by atoms with Crippen molar-refractivity contribution in [3.63, 3.8) is 0 Å². The molecule has 0 bridgehead atoms. The molecule has 0 unspecified atom stereocenters. The molecule has 2 rings (SSSR count). The van der Waals surface area contributed by atoms with Crippen LogP contribution in [0.15, 0.2) is 12.1 Å². The molecule has 1 heterocycles. The van der Waals surface area contributed by atoms with E-state index < -0.39 is 6.04 Å². The predicted octanol–water partition coefficient (Wildman–Crippen LogP) is 2.70. The van der Waals surface area contributed by atoms with Gasteiger partial charge >= 0.3 is 0 Å². The largest absolute Gasteiger partial charge is 0.355 e. The first-order valence-electron chi connectivity index (χ1n) is 8.29. The Hall–Kier alpha value is -1.53. The highest BCUT2D eigenvalue weighted by Gasteiger charge is 2.30. The summed E-state index contributed by atoms with van der Waals surface area (Å²) >= 11 is 1.60. The number of hydrogen-bond donors (Lipinski definition) is 3. The van der Waals surface area contributed by atoms with Crippen LogP contribution in [0.1, 0.15) is 37.2 Å². The van der Waals surface area contributed by atoms with Gasteiger partial charge in [0.1, 0.15) is 5.82 Å². The number of aryl methyl sites for hydroxylation is 3. The number of carbonyl (C=O) groups is 1. The maximum absolute atomic E-state index is 12.1. The Kier molecular flexibility index (Phi) is 5.93. The molecule has 132 valence electrons. The molecule has 0 spiro atoms. The summed E-state index contributed by atoms with van der Waals surface area (Å²) in [6.45, 7) is 8.77. The third-order valence-corrected chi connectivity index (χ3v) is 5.98. The molecule has 0 fully saturated rings. The smallest absolute Gasteiger partial charge is 0.238 e. The van der Waals surface area contributed by atoms with Gasteiger partial charge in [0, 0.05) is 17.7 Å². The Morgan fingerprint density at radius 3 is 2.79 bits per heavy atom. The third-order valence-electron chi connectivity index (χ3n) is 4.67. The van der Waals surface area contributed by atoms with Crippen molar-refractivity contribution in [3.8, 4) is 0 Å². The molecule has 5 nitrogen and oxygen atoms in total. The standard InChI is InChI=1S/C18H28N4OS/c1-11-8-9-13-15(12(11)2)22-14(21-13)7-6-10-20-17(23)16(19)18(3,4)24-5/h8-9,16H,6-7,10,19H2,1-5H3,(H,20,23)(H,21,22)/t16-/m1/s1. The first-order valence-corrected chi connectivity index (χ1v) is 9.52. The van der Waals surface area contributed by atoms with E-state index in [1.165, 1.54) is 11.1 Å². The molecule has 0 aliphatic rings. The molecule has 2 aromatic rings. The van der Waals surface area contributed by atoms with E-state index in [2.05, 4.69) is 41.3 Å². The third kappa shape index (κ3) is 4.11. The van der Waals surface area contributed by atoms with E-state index in [0.29, 0.717) is 6.54 Å². The monoisotopic (exact) mass is 348 g/mol. The lowest BCUT2D eigenvalue weighted by molar-refractivity contribution is -0.122. The van der Waals surface area contributed by atoms with Gasteiger partial charge in [-0.3, -0.25) is 4.79 Å². The second-order valence-corrected chi connectivity index (χ2v) is 8.23. The number of carbonyl (C=O) groups excluding carboxylic acids is 1. The van der Waals surface area contributed by atoms with Crippen molar-refractivity contribution >= 4 is 28.7 Å². The zero-order chi connectivity index (χ0) is 17.9. The van der Waals surface area contributed by atoms with Crippen LogP contribution < -0.4 is 11.1 Å². The molecule has 1 atom stereocenters. The van der Waals surface area contributed by atoms with Crippen LogP contribution in [0.2, 0.25) is 0 Å². The van der Waals surface area contributed by atoms with Gasteiger partial charge in [-0.2, -0.15) is 11.8 Å². The summed E-state index contributed by atoms with van der Waals surface area (Å²) in [7, 11) is 0. The minimum Gasteiger partial charge on any atom is -0.355 e. The lowest BCUT2D eigenvalue weighted by atomic mass is 10.0. The van der Waals surface area contributed by atoms with Gasteiger partial charge < -0.3 is 16.0 Å². The molecule has 24 heavy (non-hydrogen) atoms. The number of aromatic amines is 1. The fourth-order valence-corrected chi connectivity index (χ4v) is 2.86. The minimum atomic E-state index is -0.510. The predicted molar refractivity (Wildman–Crippen MR) is 102 cm³/mol. The molecule has 1 aromatic heterocycles. The Balaban J connectivity index is 1.87. The Labute approximate surface area is 148 Å². The van der Waals surface area contributed by atoms with E-state index in [-0.39, 0.29) is 10.7 Å². The van der Waals surface area contributed by atoms with Crippen LogP contribution in [0, 0.1) is 13.8 Å². The van der Waals surface area contributed by atoms with Crippen LogP contribution in [0.3, 0.4) is 0 Å². The Bertz CT molecular complexity index is 723. The molecule has 1 amide bonds. The maximum atomic E-state index is 12.1. The fourth-order valence-electron chi connectivity index (χ4n) is 2.50. The summed E-state index contributed by atoms with van der Waals surface area (Å²) in [5.74, 6) is 0.868. The lowest BCUT2D eigenvalue weighted by Gasteiger charge is -2.28. The van der Waals surface area contributed by atoms with Crippen LogP contribution in [0.25, 0.3) is 11.0 Å². The number of H-pyrrole nitrogens is 1. The van der Waals surface area contributed by atoms with Crippen LogP contribution in [0.5, 0.6) is 0 Å². The quantitative estimate of drug-likeness (QED) is 0.672. The highest BCUT2D eigenvalue weighted by Crippen LogP contribution is 2.24. The number of aromatic nitrogens is 2. The number of nitrogens with two attached hydrogens (primary N) is 1. The zero-order valence-electron chi connectivity index (χ0n) is 15.2. The van der Waals surface area contributed by atoms with Gasteiger partial charge in [0.25, 0.3) is 0 Å². The molecule has 6 heteroatoms. The minimum absolute atomic E-state index is 0.0922. The first-order chi connectivity index (χ1) is 11.3. The second-order valence-electron chi connectivity index (χ2n) is 6.77. The number of hydrogen-bond acceptors (Lipinski definition) is 4. The molecular weight excluding hydrogens is 320 g/mol. The van der Waals surface area contributed by atoms with E-state index >= 15 is 0 Å². The normalized spacial score (nSPS) is 13.2. The highest BCUT2D eigenvalue weighted by molar-refractivity contribution is 8.00. The Morgan fingerprint density at radius 1 is 1.42 bits per heavy atom. The summed E-state index contributed by atoms with van der Waals surface area (Å²) in [4.78, 5) is 20.1. The van der Waals surface area contributed by atoms with Crippen LogP contribution in [0.4, 0.5) is 0 Å². The van der Waals surface area contributed by atoms with Gasteiger partial charge in [0.2, 0.25) is 5.91 Å². The van der Waals surface area contributed by atoms with Gasteiger partial charge in [0.15, 0.2) is 0 Å². The summed E-state index contributed by atoms with van der Waals surface area (Å²) in [5, 5.41) is 2.93. The van der Waals surface area contributed by atoms with Gasteiger partial charge in [-0.1, -0.05) is 6.07 Å². The zero-order valence-corrected chi connectivity index (χ0v) is 16.0. The molecule has 4 N–H and O–H groups in total. The number of amides is 1. The summed E-state index contributed by atoms with van der Waals surface area (Å²) in [5.41, 5.74) is 10.6. The van der Waals surface area contributed by atoms with E-state index in [0.717, 1.165) is 29.7 Å². The molecular formula is C18H28N4OS.